The molecule has 0 bridgehead atoms. The number of rotatable bonds is 24. The molecule has 0 aliphatic heterocycles. The molecule has 0 atom stereocenters. The summed E-state index contributed by atoms with van der Waals surface area (Å²) in [5, 5.41) is 0. The highest BCUT2D eigenvalue weighted by molar-refractivity contribution is 5.14. The zero-order valence-electron chi connectivity index (χ0n) is 24.2. The number of hydrogen-bond donors (Lipinski definition) is 0. The van der Waals surface area contributed by atoms with Gasteiger partial charge in [0.2, 0.25) is 0 Å². The molecule has 0 spiro atoms. The molecule has 0 fully saturated rings. The molecule has 0 saturated carbocycles. The van der Waals surface area contributed by atoms with Crippen molar-refractivity contribution in [2.75, 3.05) is 0 Å². The highest BCUT2D eigenvalue weighted by Crippen LogP contribution is 2.14. The van der Waals surface area contributed by atoms with E-state index in [0.717, 1.165) is 6.54 Å². The molecule has 1 aromatic carbocycles. The molecule has 0 amide bonds. The van der Waals surface area contributed by atoms with E-state index in [9.17, 15) is 0 Å². The Bertz CT molecular complexity index is 733. The second-order valence-corrected chi connectivity index (χ2v) is 11.1. The topological polar surface area (TPSA) is 8.81 Å². The Hall–Kier alpha value is -1.57. The fourth-order valence-corrected chi connectivity index (χ4v) is 5.48. The molecular weight excluding hydrogens is 436 g/mol. The molecule has 0 N–H and O–H groups in total. The molecule has 0 aliphatic rings. The van der Waals surface area contributed by atoms with Gasteiger partial charge in [0.05, 0.1) is 13.1 Å². The minimum Gasteiger partial charge on any atom is -0.234 e. The third-order valence-corrected chi connectivity index (χ3v) is 7.80. The van der Waals surface area contributed by atoms with Crippen LogP contribution >= 0.6 is 0 Å². The second kappa shape index (κ2) is 21.5. The lowest BCUT2D eigenvalue weighted by atomic mass is 10.1. The zero-order chi connectivity index (χ0) is 25.5. The van der Waals surface area contributed by atoms with Crippen LogP contribution in [0.25, 0.3) is 0 Å². The molecule has 1 heterocycles. The maximum absolute atomic E-state index is 2.59. The van der Waals surface area contributed by atoms with E-state index in [0.29, 0.717) is 0 Å². The Morgan fingerprint density at radius 1 is 0.556 bits per heavy atom. The van der Waals surface area contributed by atoms with Gasteiger partial charge in [0, 0.05) is 6.42 Å². The molecule has 0 saturated heterocycles. The highest BCUT2D eigenvalue weighted by Gasteiger charge is 2.16. The van der Waals surface area contributed by atoms with Crippen LogP contribution in [0.2, 0.25) is 0 Å². The van der Waals surface area contributed by atoms with Crippen molar-refractivity contribution in [3.05, 3.63) is 54.1 Å². The van der Waals surface area contributed by atoms with Gasteiger partial charge in [-0.25, -0.2) is 9.13 Å². The predicted molar refractivity (Wildman–Crippen MR) is 158 cm³/mol. The third kappa shape index (κ3) is 14.2. The van der Waals surface area contributed by atoms with Gasteiger partial charge in [0.25, 0.3) is 5.82 Å². The van der Waals surface area contributed by atoms with Crippen molar-refractivity contribution in [2.45, 2.75) is 162 Å². The molecule has 2 nitrogen and oxygen atoms in total. The highest BCUT2D eigenvalue weighted by atomic mass is 15.1. The number of hydrogen-bond acceptors (Lipinski definition) is 0. The van der Waals surface area contributed by atoms with Crippen molar-refractivity contribution in [3.8, 4) is 0 Å². The van der Waals surface area contributed by atoms with Gasteiger partial charge in [0.1, 0.15) is 12.4 Å². The molecule has 2 rings (SSSR count). The number of benzene rings is 1. The summed E-state index contributed by atoms with van der Waals surface area (Å²) in [5.74, 6) is 1.57. The lowest BCUT2D eigenvalue weighted by Crippen LogP contribution is -2.37. The quantitative estimate of drug-likeness (QED) is 0.101. The summed E-state index contributed by atoms with van der Waals surface area (Å²) in [6, 6.07) is 11.0. The second-order valence-electron chi connectivity index (χ2n) is 11.1. The maximum atomic E-state index is 2.59. The summed E-state index contributed by atoms with van der Waals surface area (Å²) in [5.41, 5.74) is 1.47. The van der Waals surface area contributed by atoms with Crippen LogP contribution in [0.4, 0.5) is 0 Å². The molecule has 1 aromatic heterocycles. The van der Waals surface area contributed by atoms with Crippen LogP contribution in [0, 0.1) is 0 Å². The molecule has 0 aliphatic carbocycles. The van der Waals surface area contributed by atoms with Crippen LogP contribution in [0.5, 0.6) is 0 Å². The van der Waals surface area contributed by atoms with E-state index in [2.05, 4.69) is 65.7 Å². The summed E-state index contributed by atoms with van der Waals surface area (Å²) in [6.45, 7) is 6.96. The molecule has 2 aromatic rings. The Balaban J connectivity index is 1.73. The number of unbranched alkanes of at least 4 members (excludes halogenated alkanes) is 16. The van der Waals surface area contributed by atoms with Gasteiger partial charge in [-0.05, 0) is 37.7 Å². The van der Waals surface area contributed by atoms with E-state index in [1.54, 1.807) is 5.82 Å². The van der Waals surface area contributed by atoms with Crippen LogP contribution in [0.3, 0.4) is 0 Å². The van der Waals surface area contributed by atoms with Gasteiger partial charge in [-0.15, -0.1) is 0 Å². The first-order valence-electron chi connectivity index (χ1n) is 16.0. The smallest absolute Gasteiger partial charge is 0.234 e. The normalized spacial score (nSPS) is 11.4. The van der Waals surface area contributed by atoms with Gasteiger partial charge in [-0.1, -0.05) is 140 Å². The van der Waals surface area contributed by atoms with E-state index in [1.807, 2.05) is 0 Å². The summed E-state index contributed by atoms with van der Waals surface area (Å²) >= 11 is 0. The zero-order valence-corrected chi connectivity index (χ0v) is 24.2. The van der Waals surface area contributed by atoms with Crippen molar-refractivity contribution < 1.29 is 4.57 Å². The third-order valence-electron chi connectivity index (χ3n) is 7.80. The van der Waals surface area contributed by atoms with Crippen LogP contribution in [-0.2, 0) is 25.9 Å². The Morgan fingerprint density at radius 2 is 1.08 bits per heavy atom. The van der Waals surface area contributed by atoms with E-state index in [4.69, 9.17) is 0 Å². The average Bonchev–Trinajstić information content (AvgIpc) is 3.28. The molecule has 204 valence electrons. The van der Waals surface area contributed by atoms with Crippen molar-refractivity contribution >= 4 is 0 Å². The van der Waals surface area contributed by atoms with Gasteiger partial charge in [0.15, 0.2) is 0 Å². The first kappa shape index (κ1) is 30.7. The van der Waals surface area contributed by atoms with Gasteiger partial charge < -0.3 is 0 Å². The summed E-state index contributed by atoms with van der Waals surface area (Å²) in [6.07, 6.45) is 33.7. The largest absolute Gasteiger partial charge is 0.256 e. The SMILES string of the molecule is CCCCCCCCCCCCc1n(CCCCCCCCCC)cc[n+]1CCCc1ccccc1. The van der Waals surface area contributed by atoms with Crippen LogP contribution in [0.1, 0.15) is 147 Å². The molecule has 2 heteroatoms. The van der Waals surface area contributed by atoms with E-state index < -0.39 is 0 Å². The number of aryl methyl sites for hydroxylation is 3. The number of aromatic nitrogens is 2. The van der Waals surface area contributed by atoms with Gasteiger partial charge in [-0.3, -0.25) is 0 Å². The van der Waals surface area contributed by atoms with Crippen molar-refractivity contribution in [1.82, 2.24) is 4.57 Å². The van der Waals surface area contributed by atoms with E-state index >= 15 is 0 Å². The predicted octanol–water partition coefficient (Wildman–Crippen LogP) is 10.0. The lowest BCUT2D eigenvalue weighted by molar-refractivity contribution is -0.704. The molecule has 0 unspecified atom stereocenters. The van der Waals surface area contributed by atoms with Crippen molar-refractivity contribution in [2.24, 2.45) is 0 Å². The Kier molecular flexibility index (Phi) is 18.3. The number of nitrogens with zero attached hydrogens (tertiary/aromatic N) is 2. The van der Waals surface area contributed by atoms with Crippen LogP contribution < -0.4 is 4.57 Å². The fourth-order valence-electron chi connectivity index (χ4n) is 5.48. The Morgan fingerprint density at radius 3 is 1.67 bits per heavy atom. The first-order chi connectivity index (χ1) is 17.8. The van der Waals surface area contributed by atoms with Crippen LogP contribution in [-0.4, -0.2) is 4.57 Å². The Labute approximate surface area is 224 Å². The van der Waals surface area contributed by atoms with Crippen molar-refractivity contribution in [3.63, 3.8) is 0 Å². The molecule has 0 radical (unpaired) electrons. The van der Waals surface area contributed by atoms with Gasteiger partial charge in [-0.2, -0.15) is 0 Å². The van der Waals surface area contributed by atoms with E-state index in [-0.39, 0.29) is 0 Å². The summed E-state index contributed by atoms with van der Waals surface area (Å²) in [4.78, 5) is 0. The minimum atomic E-state index is 1.15. The number of imidazole rings is 1. The summed E-state index contributed by atoms with van der Waals surface area (Å²) in [7, 11) is 0. The molecule has 36 heavy (non-hydrogen) atoms. The summed E-state index contributed by atoms with van der Waals surface area (Å²) < 4.78 is 5.16. The first-order valence-corrected chi connectivity index (χ1v) is 16.0. The van der Waals surface area contributed by atoms with Gasteiger partial charge >= 0.3 is 0 Å². The standard InChI is InChI=1S/C34H59N2/c1-3-5-7-9-11-13-14-15-17-22-28-34-35(29-23-18-16-12-10-8-6-4-2)31-32-36(34)30-24-27-33-25-20-19-21-26-33/h19-21,25-26,31-32H,3-18,22-24,27-30H2,1-2H3/q+1. The fraction of sp³-hybridized carbons (Fsp3) is 0.735. The lowest BCUT2D eigenvalue weighted by Gasteiger charge is -2.07. The monoisotopic (exact) mass is 495 g/mol. The molecular formula is C34H59N2+. The average molecular weight is 496 g/mol. The van der Waals surface area contributed by atoms with E-state index in [1.165, 1.54) is 147 Å². The minimum absolute atomic E-state index is 1.15. The van der Waals surface area contributed by atoms with Crippen molar-refractivity contribution in [1.29, 1.82) is 0 Å². The van der Waals surface area contributed by atoms with Crippen LogP contribution in [0.15, 0.2) is 42.7 Å². The maximum Gasteiger partial charge on any atom is 0.256 e.